The van der Waals surface area contributed by atoms with Crippen LogP contribution in [0.2, 0.25) is 0 Å². The zero-order chi connectivity index (χ0) is 15.9. The Balaban J connectivity index is 1.69. The summed E-state index contributed by atoms with van der Waals surface area (Å²) in [5.74, 6) is -0.504. The molecule has 2 rings (SSSR count). The maximum Gasteiger partial charge on any atom is 0.310 e. The van der Waals surface area contributed by atoms with Crippen LogP contribution in [-0.4, -0.2) is 50.6 Å². The number of ether oxygens (including phenoxy) is 1. The number of rotatable bonds is 7. The van der Waals surface area contributed by atoms with E-state index in [1.165, 1.54) is 12.8 Å². The lowest BCUT2D eigenvalue weighted by atomic mass is 10.1. The van der Waals surface area contributed by atoms with E-state index < -0.39 is 0 Å². The van der Waals surface area contributed by atoms with Crippen molar-refractivity contribution in [3.63, 3.8) is 0 Å². The van der Waals surface area contributed by atoms with Crippen molar-refractivity contribution in [2.45, 2.75) is 19.3 Å². The summed E-state index contributed by atoms with van der Waals surface area (Å²) < 4.78 is 4.71. The SMILES string of the molecule is COC(=O)C1CC(=O)N(CCCCN(C)c2ccccc2)C1. The van der Waals surface area contributed by atoms with Gasteiger partial charge in [0.25, 0.3) is 0 Å². The van der Waals surface area contributed by atoms with Crippen LogP contribution < -0.4 is 4.90 Å². The number of carbonyl (C=O) groups excluding carboxylic acids is 2. The Hall–Kier alpha value is -2.04. The Morgan fingerprint density at radius 1 is 1.32 bits per heavy atom. The molecule has 0 saturated carbocycles. The van der Waals surface area contributed by atoms with Gasteiger partial charge >= 0.3 is 5.97 Å². The van der Waals surface area contributed by atoms with E-state index in [4.69, 9.17) is 4.74 Å². The van der Waals surface area contributed by atoms with Crippen LogP contribution in [0.15, 0.2) is 30.3 Å². The Morgan fingerprint density at radius 3 is 2.73 bits per heavy atom. The largest absolute Gasteiger partial charge is 0.469 e. The minimum absolute atomic E-state index is 0.0619. The van der Waals surface area contributed by atoms with Crippen molar-refractivity contribution in [1.82, 2.24) is 4.90 Å². The predicted molar refractivity (Wildman–Crippen MR) is 85.6 cm³/mol. The van der Waals surface area contributed by atoms with Crippen molar-refractivity contribution in [2.75, 3.05) is 38.7 Å². The molecule has 1 aromatic carbocycles. The fourth-order valence-corrected chi connectivity index (χ4v) is 2.78. The number of hydrogen-bond donors (Lipinski definition) is 0. The standard InChI is InChI=1S/C17H24N2O3/c1-18(15-8-4-3-5-9-15)10-6-7-11-19-13-14(12-16(19)20)17(21)22-2/h3-5,8-9,14H,6-7,10-13H2,1-2H3. The molecule has 0 spiro atoms. The summed E-state index contributed by atoms with van der Waals surface area (Å²) in [5.41, 5.74) is 1.20. The second-order valence-electron chi connectivity index (χ2n) is 5.73. The van der Waals surface area contributed by atoms with Crippen LogP contribution in [0.4, 0.5) is 5.69 Å². The predicted octanol–water partition coefficient (Wildman–Crippen LogP) is 1.92. The quantitative estimate of drug-likeness (QED) is 0.570. The third-order valence-corrected chi connectivity index (χ3v) is 4.12. The molecule has 1 atom stereocenters. The summed E-state index contributed by atoms with van der Waals surface area (Å²) in [6.07, 6.45) is 2.24. The fourth-order valence-electron chi connectivity index (χ4n) is 2.78. The van der Waals surface area contributed by atoms with Gasteiger partial charge in [-0.25, -0.2) is 0 Å². The Labute approximate surface area is 131 Å². The highest BCUT2D eigenvalue weighted by atomic mass is 16.5. The van der Waals surface area contributed by atoms with Gasteiger partial charge in [0, 0.05) is 38.8 Å². The van der Waals surface area contributed by atoms with E-state index in [2.05, 4.69) is 24.1 Å². The van der Waals surface area contributed by atoms with Gasteiger partial charge < -0.3 is 14.5 Å². The van der Waals surface area contributed by atoms with Gasteiger partial charge in [0.15, 0.2) is 0 Å². The fraction of sp³-hybridized carbons (Fsp3) is 0.529. The number of methoxy groups -OCH3 is 1. The number of esters is 1. The van der Waals surface area contributed by atoms with Crippen molar-refractivity contribution in [3.05, 3.63) is 30.3 Å². The first kappa shape index (κ1) is 16.3. The van der Waals surface area contributed by atoms with Crippen molar-refractivity contribution in [3.8, 4) is 0 Å². The minimum atomic E-state index is -0.288. The van der Waals surface area contributed by atoms with E-state index >= 15 is 0 Å². The molecule has 1 fully saturated rings. The summed E-state index contributed by atoms with van der Waals surface area (Å²) in [4.78, 5) is 27.3. The normalized spacial score (nSPS) is 17.6. The lowest BCUT2D eigenvalue weighted by Crippen LogP contribution is -2.28. The number of nitrogens with zero attached hydrogens (tertiary/aromatic N) is 2. The molecule has 22 heavy (non-hydrogen) atoms. The molecule has 5 heteroatoms. The zero-order valence-electron chi connectivity index (χ0n) is 13.3. The highest BCUT2D eigenvalue weighted by Gasteiger charge is 2.34. The molecular weight excluding hydrogens is 280 g/mol. The van der Waals surface area contributed by atoms with Crippen LogP contribution in [0.5, 0.6) is 0 Å². The second kappa shape index (κ2) is 7.82. The number of anilines is 1. The molecule has 1 aliphatic rings. The molecule has 0 aromatic heterocycles. The smallest absolute Gasteiger partial charge is 0.310 e. The maximum absolute atomic E-state index is 11.9. The average molecular weight is 304 g/mol. The summed E-state index contributed by atoms with van der Waals surface area (Å²) in [6, 6.07) is 10.2. The van der Waals surface area contributed by atoms with Crippen molar-refractivity contribution in [1.29, 1.82) is 0 Å². The second-order valence-corrected chi connectivity index (χ2v) is 5.73. The summed E-state index contributed by atoms with van der Waals surface area (Å²) >= 11 is 0. The van der Waals surface area contributed by atoms with E-state index in [9.17, 15) is 9.59 Å². The van der Waals surface area contributed by atoms with E-state index in [1.807, 2.05) is 18.2 Å². The third-order valence-electron chi connectivity index (χ3n) is 4.12. The molecule has 0 N–H and O–H groups in total. The van der Waals surface area contributed by atoms with Gasteiger partial charge in [0.1, 0.15) is 0 Å². The summed E-state index contributed by atoms with van der Waals surface area (Å²) in [7, 11) is 3.44. The van der Waals surface area contributed by atoms with E-state index in [0.717, 1.165) is 25.9 Å². The highest BCUT2D eigenvalue weighted by molar-refractivity contribution is 5.86. The average Bonchev–Trinajstić information content (AvgIpc) is 2.92. The van der Waals surface area contributed by atoms with Crippen LogP contribution in [0.1, 0.15) is 19.3 Å². The molecule has 1 saturated heterocycles. The number of unbranched alkanes of at least 4 members (excludes halogenated alkanes) is 1. The van der Waals surface area contributed by atoms with Crippen molar-refractivity contribution in [2.24, 2.45) is 5.92 Å². The Morgan fingerprint density at radius 2 is 2.05 bits per heavy atom. The zero-order valence-corrected chi connectivity index (χ0v) is 13.3. The van der Waals surface area contributed by atoms with Crippen LogP contribution in [0.3, 0.4) is 0 Å². The van der Waals surface area contributed by atoms with Crippen LogP contribution >= 0.6 is 0 Å². The number of amides is 1. The van der Waals surface area contributed by atoms with Crippen LogP contribution in [-0.2, 0) is 14.3 Å². The van der Waals surface area contributed by atoms with Gasteiger partial charge in [-0.05, 0) is 25.0 Å². The van der Waals surface area contributed by atoms with Crippen LogP contribution in [0, 0.1) is 5.92 Å². The molecule has 1 aromatic rings. The lowest BCUT2D eigenvalue weighted by Gasteiger charge is -2.20. The molecule has 1 amide bonds. The number of likely N-dealkylation sites (tertiary alicyclic amines) is 1. The molecule has 1 heterocycles. The van der Waals surface area contributed by atoms with Gasteiger partial charge in [-0.15, -0.1) is 0 Å². The third kappa shape index (κ3) is 4.23. The number of para-hydroxylation sites is 1. The topological polar surface area (TPSA) is 49.9 Å². The van der Waals surface area contributed by atoms with Gasteiger partial charge in [-0.1, -0.05) is 18.2 Å². The Bertz CT molecular complexity index is 504. The van der Waals surface area contributed by atoms with Crippen LogP contribution in [0.25, 0.3) is 0 Å². The molecular formula is C17H24N2O3. The number of carbonyl (C=O) groups is 2. The molecule has 5 nitrogen and oxygen atoms in total. The molecule has 1 aliphatic heterocycles. The van der Waals surface area contributed by atoms with Gasteiger partial charge in [0.05, 0.1) is 13.0 Å². The van der Waals surface area contributed by atoms with E-state index in [-0.39, 0.29) is 24.2 Å². The Kier molecular flexibility index (Phi) is 5.81. The molecule has 0 bridgehead atoms. The summed E-state index contributed by atoms with van der Waals surface area (Å²) in [5, 5.41) is 0. The highest BCUT2D eigenvalue weighted by Crippen LogP contribution is 2.19. The molecule has 1 unspecified atom stereocenters. The number of benzene rings is 1. The minimum Gasteiger partial charge on any atom is -0.469 e. The van der Waals surface area contributed by atoms with Gasteiger partial charge in [-0.3, -0.25) is 9.59 Å². The first-order chi connectivity index (χ1) is 10.6. The van der Waals surface area contributed by atoms with Crippen molar-refractivity contribution >= 4 is 17.6 Å². The maximum atomic E-state index is 11.9. The molecule has 0 aliphatic carbocycles. The monoisotopic (exact) mass is 304 g/mol. The first-order valence-electron chi connectivity index (χ1n) is 7.73. The number of hydrogen-bond acceptors (Lipinski definition) is 4. The lowest BCUT2D eigenvalue weighted by molar-refractivity contribution is -0.145. The van der Waals surface area contributed by atoms with Gasteiger partial charge in [-0.2, -0.15) is 0 Å². The van der Waals surface area contributed by atoms with Gasteiger partial charge in [0.2, 0.25) is 5.91 Å². The molecule has 120 valence electrons. The summed E-state index contributed by atoms with van der Waals surface area (Å²) in [6.45, 7) is 2.17. The van der Waals surface area contributed by atoms with E-state index in [1.54, 1.807) is 4.90 Å². The first-order valence-corrected chi connectivity index (χ1v) is 7.73. The molecule has 0 radical (unpaired) electrons. The van der Waals surface area contributed by atoms with E-state index in [0.29, 0.717) is 6.54 Å². The van der Waals surface area contributed by atoms with Crippen molar-refractivity contribution < 1.29 is 14.3 Å².